The summed E-state index contributed by atoms with van der Waals surface area (Å²) in [5.41, 5.74) is 7.59. The Morgan fingerprint density at radius 2 is 0.909 bits per heavy atom. The quantitative estimate of drug-likeness (QED) is 0.367. The first-order chi connectivity index (χ1) is 10.1. The Morgan fingerprint density at radius 1 is 0.591 bits per heavy atom. The van der Waals surface area contributed by atoms with Crippen LogP contribution in [0.25, 0.3) is 0 Å². The second-order valence-electron chi connectivity index (χ2n) is 7.20. The topological polar surface area (TPSA) is 26.0 Å². The van der Waals surface area contributed by atoms with Crippen LogP contribution in [0.2, 0.25) is 0 Å². The van der Waals surface area contributed by atoms with Crippen molar-refractivity contribution in [3.05, 3.63) is 0 Å². The van der Waals surface area contributed by atoms with Gasteiger partial charge in [-0.05, 0) is 37.5 Å². The van der Waals surface area contributed by atoms with E-state index in [-0.39, 0.29) is 10.2 Å². The molecular weight excluding hydrogens is 273 g/mol. The summed E-state index contributed by atoms with van der Waals surface area (Å²) in [5, 5.41) is 0. The first-order valence-corrected chi connectivity index (χ1v) is 9.84. The van der Waals surface area contributed by atoms with Crippen molar-refractivity contribution >= 4 is 0 Å². The molecule has 0 unspecified atom stereocenters. The maximum absolute atomic E-state index is 7.14. The highest BCUT2D eigenvalue weighted by Gasteiger charge is 2.45. The maximum Gasteiger partial charge on any atom is 0.0211 e. The van der Waals surface area contributed by atoms with Gasteiger partial charge in [0, 0.05) is 5.54 Å². The summed E-state index contributed by atoms with van der Waals surface area (Å²) in [6.45, 7) is 11.6. The fourth-order valence-corrected chi connectivity index (χ4v) is 4.00. The van der Waals surface area contributed by atoms with Crippen LogP contribution in [0.15, 0.2) is 0 Å². The molecule has 136 valence electrons. The Kier molecular flexibility index (Phi) is 14.6. The third kappa shape index (κ3) is 6.98. The number of halogens is 1. The Labute approximate surface area is 140 Å². The van der Waals surface area contributed by atoms with Crippen molar-refractivity contribution in [3.63, 3.8) is 0 Å². The van der Waals surface area contributed by atoms with Crippen LogP contribution in [0.3, 0.4) is 0 Å². The molecule has 0 heterocycles. The fraction of sp³-hybridized carbons (Fsp3) is 1.00. The van der Waals surface area contributed by atoms with Crippen LogP contribution in [0, 0.1) is 5.41 Å². The van der Waals surface area contributed by atoms with Gasteiger partial charge in [-0.3, -0.25) is 4.70 Å². The molecule has 0 aliphatic rings. The smallest absolute Gasteiger partial charge is 0.0211 e. The van der Waals surface area contributed by atoms with E-state index in [4.69, 9.17) is 5.73 Å². The second-order valence-corrected chi connectivity index (χ2v) is 7.20. The molecule has 0 aliphatic carbocycles. The number of unbranched alkanes of at least 4 members (excludes halogenated alkanes) is 4. The van der Waals surface area contributed by atoms with Gasteiger partial charge >= 0.3 is 0 Å². The van der Waals surface area contributed by atoms with Gasteiger partial charge in [-0.2, -0.15) is 0 Å². The van der Waals surface area contributed by atoms with Gasteiger partial charge in [0.05, 0.1) is 0 Å². The van der Waals surface area contributed by atoms with Crippen molar-refractivity contribution in [3.8, 4) is 0 Å². The third-order valence-corrected chi connectivity index (χ3v) is 5.70. The van der Waals surface area contributed by atoms with Gasteiger partial charge in [-0.15, -0.1) is 0 Å². The summed E-state index contributed by atoms with van der Waals surface area (Å²) in [7, 11) is 0. The molecule has 0 saturated heterocycles. The van der Waals surface area contributed by atoms with Gasteiger partial charge in [0.15, 0.2) is 0 Å². The molecule has 0 aromatic heterocycles. The van der Waals surface area contributed by atoms with E-state index in [1.807, 2.05) is 0 Å². The van der Waals surface area contributed by atoms with E-state index < -0.39 is 0 Å². The molecule has 0 aromatic rings. The molecule has 0 fully saturated rings. The van der Waals surface area contributed by atoms with E-state index in [2.05, 4.69) is 34.6 Å². The van der Waals surface area contributed by atoms with Gasteiger partial charge in [-0.25, -0.2) is 0 Å². The van der Waals surface area contributed by atoms with Crippen LogP contribution in [0.4, 0.5) is 4.70 Å². The van der Waals surface area contributed by atoms with Crippen LogP contribution in [0.5, 0.6) is 0 Å². The summed E-state index contributed by atoms with van der Waals surface area (Å²) in [6.07, 6.45) is 16.8. The van der Waals surface area contributed by atoms with E-state index in [1.54, 1.807) is 0 Å². The second kappa shape index (κ2) is 13.3. The summed E-state index contributed by atoms with van der Waals surface area (Å²) in [4.78, 5) is 0. The van der Waals surface area contributed by atoms with Crippen LogP contribution in [0.1, 0.15) is 118 Å². The summed E-state index contributed by atoms with van der Waals surface area (Å²) in [6, 6.07) is 0. The Bertz CT molecular complexity index is 224. The normalized spacial score (nSPS) is 12.3. The summed E-state index contributed by atoms with van der Waals surface area (Å²) in [5.74, 6) is 0. The van der Waals surface area contributed by atoms with Crippen molar-refractivity contribution in [1.29, 1.82) is 0 Å². The summed E-state index contributed by atoms with van der Waals surface area (Å²) < 4.78 is 0. The standard InChI is InChI=1S/C20H43N.FH/c1-6-11-15-19(10-5,16-12-7-2)20(21,17-13-8-3)18-14-9-4;/h6-18,21H2,1-5H3;1H. The molecule has 0 saturated carbocycles. The molecule has 1 nitrogen and oxygen atoms in total. The molecule has 0 radical (unpaired) electrons. The lowest BCUT2D eigenvalue weighted by molar-refractivity contribution is 0.0610. The minimum Gasteiger partial charge on any atom is -0.325 e. The van der Waals surface area contributed by atoms with Crippen molar-refractivity contribution < 1.29 is 4.70 Å². The zero-order valence-corrected chi connectivity index (χ0v) is 16.2. The van der Waals surface area contributed by atoms with E-state index >= 15 is 0 Å². The molecule has 0 aliphatic heterocycles. The SMILES string of the molecule is CCCCC(N)(CCCC)C(CC)(CCCC)CCCC.F. The van der Waals surface area contributed by atoms with Crippen molar-refractivity contribution in [1.82, 2.24) is 0 Å². The number of nitrogens with two attached hydrogens (primary N) is 1. The van der Waals surface area contributed by atoms with Gasteiger partial charge in [0.25, 0.3) is 0 Å². The maximum atomic E-state index is 7.14. The molecule has 0 spiro atoms. The van der Waals surface area contributed by atoms with Crippen molar-refractivity contribution in [2.75, 3.05) is 0 Å². The molecule has 0 bridgehead atoms. The minimum absolute atomic E-state index is 0. The first kappa shape index (κ1) is 24.1. The Morgan fingerprint density at radius 3 is 1.18 bits per heavy atom. The molecule has 0 aromatic carbocycles. The average Bonchev–Trinajstić information content (AvgIpc) is 2.51. The van der Waals surface area contributed by atoms with E-state index in [1.165, 1.54) is 83.5 Å². The summed E-state index contributed by atoms with van der Waals surface area (Å²) >= 11 is 0. The van der Waals surface area contributed by atoms with Gasteiger partial charge in [0.2, 0.25) is 0 Å². The Hall–Kier alpha value is -0.110. The largest absolute Gasteiger partial charge is 0.325 e. The Balaban J connectivity index is 0. The van der Waals surface area contributed by atoms with Gasteiger partial charge in [-0.1, -0.05) is 86.0 Å². The van der Waals surface area contributed by atoms with Crippen LogP contribution >= 0.6 is 0 Å². The molecular formula is C20H44FN. The average molecular weight is 318 g/mol. The number of rotatable bonds is 14. The van der Waals surface area contributed by atoms with Gasteiger partial charge < -0.3 is 5.73 Å². The van der Waals surface area contributed by atoms with Crippen LogP contribution in [-0.4, -0.2) is 5.54 Å². The monoisotopic (exact) mass is 317 g/mol. The van der Waals surface area contributed by atoms with Crippen LogP contribution in [-0.2, 0) is 0 Å². The lowest BCUT2D eigenvalue weighted by atomic mass is 9.59. The highest BCUT2D eigenvalue weighted by molar-refractivity contribution is 5.01. The van der Waals surface area contributed by atoms with Crippen LogP contribution < -0.4 is 5.73 Å². The molecule has 0 rings (SSSR count). The van der Waals surface area contributed by atoms with Crippen molar-refractivity contribution in [2.24, 2.45) is 11.1 Å². The van der Waals surface area contributed by atoms with E-state index in [0.29, 0.717) is 5.41 Å². The zero-order chi connectivity index (χ0) is 16.2. The highest BCUT2D eigenvalue weighted by Crippen LogP contribution is 2.47. The third-order valence-electron chi connectivity index (χ3n) is 5.70. The predicted octanol–water partition coefficient (Wildman–Crippen LogP) is 6.99. The van der Waals surface area contributed by atoms with E-state index in [0.717, 1.165) is 0 Å². The molecule has 2 N–H and O–H groups in total. The first-order valence-electron chi connectivity index (χ1n) is 9.84. The molecule has 0 atom stereocenters. The minimum atomic E-state index is 0. The number of hydrogen-bond acceptors (Lipinski definition) is 1. The highest BCUT2D eigenvalue weighted by atomic mass is 19.0. The zero-order valence-electron chi connectivity index (χ0n) is 16.2. The van der Waals surface area contributed by atoms with Gasteiger partial charge in [0.1, 0.15) is 0 Å². The van der Waals surface area contributed by atoms with Crippen molar-refractivity contribution in [2.45, 2.75) is 124 Å². The predicted molar refractivity (Wildman–Crippen MR) is 100 cm³/mol. The lowest BCUT2D eigenvalue weighted by Gasteiger charge is -2.50. The van der Waals surface area contributed by atoms with E-state index in [9.17, 15) is 0 Å². The lowest BCUT2D eigenvalue weighted by Crippen LogP contribution is -2.55. The molecule has 22 heavy (non-hydrogen) atoms. The number of hydrogen-bond donors (Lipinski definition) is 1. The molecule has 0 amide bonds. The molecule has 2 heteroatoms. The fourth-order valence-electron chi connectivity index (χ4n) is 4.00.